The van der Waals surface area contributed by atoms with Crippen LogP contribution in [0.5, 0.6) is 0 Å². The van der Waals surface area contributed by atoms with Crippen LogP contribution >= 0.6 is 0 Å². The number of piperazine rings is 1. The van der Waals surface area contributed by atoms with Crippen LogP contribution in [0.25, 0.3) is 0 Å². The van der Waals surface area contributed by atoms with E-state index in [9.17, 15) is 24.3 Å². The maximum Gasteiger partial charge on any atom is 0.341 e. The van der Waals surface area contributed by atoms with Gasteiger partial charge in [-0.1, -0.05) is 26.3 Å². The molecule has 1 aromatic carbocycles. The highest BCUT2D eigenvalue weighted by atomic mass is 16.4. The van der Waals surface area contributed by atoms with Crippen molar-refractivity contribution in [1.82, 2.24) is 19.4 Å². The van der Waals surface area contributed by atoms with E-state index in [4.69, 9.17) is 0 Å². The number of nitrogens with one attached hydrogen (secondary N) is 2. The number of hydrogen-bond donors (Lipinski definition) is 3. The van der Waals surface area contributed by atoms with Crippen LogP contribution in [0.3, 0.4) is 0 Å². The summed E-state index contributed by atoms with van der Waals surface area (Å²) in [4.78, 5) is 60.8. The Kier molecular flexibility index (Phi) is 9.93. The fourth-order valence-corrected chi connectivity index (χ4v) is 5.42. The number of rotatable bonds is 11. The Hall–Kier alpha value is -3.99. The number of amidine groups is 1. The second-order valence-corrected chi connectivity index (χ2v) is 10.6. The van der Waals surface area contributed by atoms with Crippen molar-refractivity contribution in [2.24, 2.45) is 4.99 Å². The van der Waals surface area contributed by atoms with E-state index in [2.05, 4.69) is 38.9 Å². The Balaban J connectivity index is 1.21. The Labute approximate surface area is 239 Å². The van der Waals surface area contributed by atoms with E-state index in [0.717, 1.165) is 64.1 Å². The summed E-state index contributed by atoms with van der Waals surface area (Å²) in [5.74, 6) is -0.527. The lowest BCUT2D eigenvalue weighted by atomic mass is 10.0. The SMILES string of the molecule is CCC1=C(C(=O)O)C(=O)CC(N2CCN(CCCCCn3c(=O)cc(Nc4ccc(C)c(CC)c4)[nH]c3=O)CC2)=N1. The summed E-state index contributed by atoms with van der Waals surface area (Å²) >= 11 is 0. The van der Waals surface area contributed by atoms with E-state index in [1.807, 2.05) is 25.1 Å². The molecule has 0 bridgehead atoms. The van der Waals surface area contributed by atoms with Crippen LogP contribution in [0.2, 0.25) is 0 Å². The first-order valence-electron chi connectivity index (χ1n) is 14.4. The first kappa shape index (κ1) is 30.0. The van der Waals surface area contributed by atoms with Crippen molar-refractivity contribution in [2.45, 2.75) is 65.8 Å². The van der Waals surface area contributed by atoms with Gasteiger partial charge in [0.15, 0.2) is 5.78 Å². The smallest absolute Gasteiger partial charge is 0.341 e. The van der Waals surface area contributed by atoms with Gasteiger partial charge in [-0.25, -0.2) is 14.6 Å². The molecule has 0 spiro atoms. The molecule has 0 saturated carbocycles. The zero-order valence-corrected chi connectivity index (χ0v) is 24.2. The number of hydrogen-bond acceptors (Lipinski definition) is 8. The maximum atomic E-state index is 12.6. The number of aromatic nitrogens is 2. The molecule has 41 heavy (non-hydrogen) atoms. The average molecular weight is 565 g/mol. The monoisotopic (exact) mass is 564 g/mol. The Morgan fingerprint density at radius 2 is 1.73 bits per heavy atom. The van der Waals surface area contributed by atoms with E-state index < -0.39 is 11.7 Å². The predicted octanol–water partition coefficient (Wildman–Crippen LogP) is 3.06. The van der Waals surface area contributed by atoms with E-state index in [1.165, 1.54) is 21.8 Å². The van der Waals surface area contributed by atoms with Gasteiger partial charge in [0.1, 0.15) is 17.2 Å². The maximum absolute atomic E-state index is 12.6. The van der Waals surface area contributed by atoms with Gasteiger partial charge in [0.25, 0.3) is 5.56 Å². The molecule has 2 aliphatic heterocycles. The van der Waals surface area contributed by atoms with Crippen molar-refractivity contribution < 1.29 is 14.7 Å². The number of aliphatic imine (C=N–C) groups is 1. The molecule has 0 radical (unpaired) electrons. The molecular formula is C30H40N6O5. The lowest BCUT2D eigenvalue weighted by Crippen LogP contribution is -2.49. The molecule has 0 aliphatic carbocycles. The third-order valence-corrected chi connectivity index (χ3v) is 7.82. The van der Waals surface area contributed by atoms with Gasteiger partial charge >= 0.3 is 11.7 Å². The van der Waals surface area contributed by atoms with Crippen molar-refractivity contribution in [3.8, 4) is 0 Å². The highest BCUT2D eigenvalue weighted by Gasteiger charge is 2.30. The van der Waals surface area contributed by atoms with Crippen LogP contribution in [0.15, 0.2) is 50.1 Å². The van der Waals surface area contributed by atoms with Gasteiger partial charge in [0, 0.05) is 44.5 Å². The minimum Gasteiger partial charge on any atom is -0.477 e. The molecule has 0 atom stereocenters. The fourth-order valence-electron chi connectivity index (χ4n) is 5.42. The highest BCUT2D eigenvalue weighted by molar-refractivity contribution is 6.23. The highest BCUT2D eigenvalue weighted by Crippen LogP contribution is 2.22. The van der Waals surface area contributed by atoms with E-state index in [0.29, 0.717) is 30.3 Å². The third-order valence-electron chi connectivity index (χ3n) is 7.82. The number of Topliss-reactive ketones (excluding diaryl/α,β-unsaturated/α-hetero) is 1. The van der Waals surface area contributed by atoms with Crippen molar-refractivity contribution in [1.29, 1.82) is 0 Å². The summed E-state index contributed by atoms with van der Waals surface area (Å²) in [5, 5.41) is 12.5. The third kappa shape index (κ3) is 7.40. The number of aliphatic carboxylic acids is 1. The molecule has 4 rings (SSSR count). The molecule has 0 unspecified atom stereocenters. The van der Waals surface area contributed by atoms with Crippen LogP contribution in [-0.2, 0) is 22.6 Å². The Bertz CT molecular complexity index is 1430. The van der Waals surface area contributed by atoms with Gasteiger partial charge in [-0.15, -0.1) is 0 Å². The zero-order chi connectivity index (χ0) is 29.5. The van der Waals surface area contributed by atoms with Crippen LogP contribution in [-0.4, -0.2) is 74.8 Å². The molecule has 3 heterocycles. The van der Waals surface area contributed by atoms with Crippen molar-refractivity contribution >= 4 is 29.1 Å². The number of benzene rings is 1. The number of carboxylic acid groups (broad SMARTS) is 1. The summed E-state index contributed by atoms with van der Waals surface area (Å²) in [6.45, 7) is 10.4. The molecule has 3 N–H and O–H groups in total. The van der Waals surface area contributed by atoms with Crippen molar-refractivity contribution in [2.75, 3.05) is 38.0 Å². The number of nitrogens with zero attached hydrogens (tertiary/aromatic N) is 4. The molecule has 1 aromatic heterocycles. The topological polar surface area (TPSA) is 140 Å². The minimum absolute atomic E-state index is 0.0341. The summed E-state index contributed by atoms with van der Waals surface area (Å²) in [6, 6.07) is 7.41. The Morgan fingerprint density at radius 1 is 1.00 bits per heavy atom. The lowest BCUT2D eigenvalue weighted by Gasteiger charge is -2.37. The van der Waals surface area contributed by atoms with E-state index >= 15 is 0 Å². The summed E-state index contributed by atoms with van der Waals surface area (Å²) < 4.78 is 1.25. The molecule has 0 amide bonds. The number of carbonyl (C=O) groups is 2. The number of unbranched alkanes of at least 4 members (excludes halogenated alkanes) is 2. The molecule has 220 valence electrons. The molecule has 2 aromatic rings. The van der Waals surface area contributed by atoms with Gasteiger partial charge in [-0.05, 0) is 62.4 Å². The van der Waals surface area contributed by atoms with Gasteiger partial charge in [-0.3, -0.25) is 24.0 Å². The van der Waals surface area contributed by atoms with Crippen molar-refractivity contribution in [3.63, 3.8) is 0 Å². The summed E-state index contributed by atoms with van der Waals surface area (Å²) in [5.41, 5.74) is 2.68. The normalized spacial score (nSPS) is 16.2. The van der Waals surface area contributed by atoms with Gasteiger partial charge in [0.05, 0.1) is 12.1 Å². The van der Waals surface area contributed by atoms with Crippen LogP contribution in [0.1, 0.15) is 57.1 Å². The van der Waals surface area contributed by atoms with Gasteiger partial charge < -0.3 is 15.3 Å². The first-order valence-corrected chi connectivity index (χ1v) is 14.4. The summed E-state index contributed by atoms with van der Waals surface area (Å²) in [7, 11) is 0. The number of ketones is 1. The zero-order valence-electron chi connectivity index (χ0n) is 24.2. The number of allylic oxidation sites excluding steroid dienone is 1. The van der Waals surface area contributed by atoms with E-state index in [1.54, 1.807) is 0 Å². The second kappa shape index (κ2) is 13.6. The number of aryl methyl sites for hydroxylation is 2. The Morgan fingerprint density at radius 3 is 2.39 bits per heavy atom. The predicted molar refractivity (Wildman–Crippen MR) is 159 cm³/mol. The molecule has 11 heteroatoms. The number of aromatic amines is 1. The number of carboxylic acids is 1. The van der Waals surface area contributed by atoms with Crippen LogP contribution in [0.4, 0.5) is 11.5 Å². The number of H-pyrrole nitrogens is 1. The quantitative estimate of drug-likeness (QED) is 0.280. The van der Waals surface area contributed by atoms with Crippen LogP contribution in [0, 0.1) is 6.92 Å². The minimum atomic E-state index is -1.20. The first-order chi connectivity index (χ1) is 19.7. The van der Waals surface area contributed by atoms with Crippen LogP contribution < -0.4 is 16.6 Å². The largest absolute Gasteiger partial charge is 0.477 e. The van der Waals surface area contributed by atoms with Gasteiger partial charge in [-0.2, -0.15) is 0 Å². The second-order valence-electron chi connectivity index (χ2n) is 10.6. The van der Waals surface area contributed by atoms with Crippen molar-refractivity contribution in [3.05, 3.63) is 67.5 Å². The molecule has 11 nitrogen and oxygen atoms in total. The number of anilines is 2. The number of carbonyl (C=O) groups excluding carboxylic acids is 1. The molecule has 1 saturated heterocycles. The lowest BCUT2D eigenvalue weighted by molar-refractivity contribution is -0.134. The fraction of sp³-hybridized carbons (Fsp3) is 0.500. The van der Waals surface area contributed by atoms with Gasteiger partial charge in [0.2, 0.25) is 0 Å². The molecular weight excluding hydrogens is 524 g/mol. The van der Waals surface area contributed by atoms with E-state index in [-0.39, 0.29) is 23.3 Å². The molecule has 1 fully saturated rings. The average Bonchev–Trinajstić information content (AvgIpc) is 2.94. The summed E-state index contributed by atoms with van der Waals surface area (Å²) in [6.07, 6.45) is 3.91. The molecule has 2 aliphatic rings. The standard InChI is InChI=1S/C30H40N6O5/c1-4-21-17-22(10-9-20(21)3)31-25-19-27(38)36(30(41)33-25)12-8-6-7-11-34-13-15-35(16-14-34)26-18-24(37)28(29(39)40)23(5-2)32-26/h9-10,17,19,31H,4-8,11-16,18H2,1-3H3,(H,33,41)(H,39,40).